The van der Waals surface area contributed by atoms with Crippen LogP contribution >= 0.6 is 0 Å². The summed E-state index contributed by atoms with van der Waals surface area (Å²) in [5.41, 5.74) is 6.22. The van der Waals surface area contributed by atoms with E-state index >= 15 is 0 Å². The Kier molecular flexibility index (Phi) is 13.5. The summed E-state index contributed by atoms with van der Waals surface area (Å²) in [4.78, 5) is 36.3. The van der Waals surface area contributed by atoms with Gasteiger partial charge < -0.3 is 28.4 Å². The van der Waals surface area contributed by atoms with Crippen molar-refractivity contribution in [2.24, 2.45) is 0 Å². The molecule has 0 bridgehead atoms. The average molecular weight is 669 g/mol. The van der Waals surface area contributed by atoms with E-state index in [0.29, 0.717) is 17.1 Å². The molecule has 1 saturated carbocycles. The van der Waals surface area contributed by atoms with E-state index in [1.54, 1.807) is 19.1 Å². The van der Waals surface area contributed by atoms with Crippen LogP contribution in [0.15, 0.2) is 103 Å². The number of benzene rings is 3. The maximum Gasteiger partial charge on any atom is 0.341 e. The molecule has 258 valence electrons. The summed E-state index contributed by atoms with van der Waals surface area (Å²) < 4.78 is 32.0. The van der Waals surface area contributed by atoms with Crippen molar-refractivity contribution in [3.05, 3.63) is 109 Å². The first-order chi connectivity index (χ1) is 23.6. The van der Waals surface area contributed by atoms with E-state index in [2.05, 4.69) is 37.9 Å². The molecule has 9 heteroatoms. The second kappa shape index (κ2) is 18.0. The van der Waals surface area contributed by atoms with Crippen LogP contribution in [0.3, 0.4) is 0 Å². The molecule has 0 radical (unpaired) electrons. The Morgan fingerprint density at radius 2 is 1.24 bits per heavy atom. The highest BCUT2D eigenvalue weighted by molar-refractivity contribution is 5.90. The zero-order valence-corrected chi connectivity index (χ0v) is 28.5. The summed E-state index contributed by atoms with van der Waals surface area (Å²) in [6.45, 7) is 13.2. The van der Waals surface area contributed by atoms with Gasteiger partial charge in [-0.05, 0) is 90.6 Å². The van der Waals surface area contributed by atoms with Gasteiger partial charge in [-0.15, -0.1) is 0 Å². The lowest BCUT2D eigenvalue weighted by atomic mass is 9.79. The van der Waals surface area contributed by atoms with Crippen LogP contribution in [-0.2, 0) is 33.3 Å². The lowest BCUT2D eigenvalue weighted by molar-refractivity contribution is -0.145. The molecule has 3 aromatic rings. The van der Waals surface area contributed by atoms with Gasteiger partial charge in [-0.25, -0.2) is 14.4 Å². The van der Waals surface area contributed by atoms with Gasteiger partial charge in [0.2, 0.25) is 0 Å². The Morgan fingerprint density at radius 3 is 1.86 bits per heavy atom. The quantitative estimate of drug-likeness (QED) is 0.0668. The SMILES string of the molecule is C=C(C)C(=O)OC1CCC(c2cc(-c3ccc(OC(=O)C(=C)COC)cc3)ccc2-c2ccc(OCCOC(=O)C(=C)COC)cc2)CC1. The van der Waals surface area contributed by atoms with Crippen LogP contribution in [0.25, 0.3) is 22.3 Å². The Hall–Kier alpha value is -4.99. The molecule has 0 atom stereocenters. The van der Waals surface area contributed by atoms with Gasteiger partial charge in [0, 0.05) is 19.8 Å². The van der Waals surface area contributed by atoms with Gasteiger partial charge in [-0.2, -0.15) is 0 Å². The number of hydrogen-bond acceptors (Lipinski definition) is 9. The topological polar surface area (TPSA) is 107 Å². The Balaban J connectivity index is 1.51. The summed E-state index contributed by atoms with van der Waals surface area (Å²) in [6.07, 6.45) is 3.12. The van der Waals surface area contributed by atoms with Crippen molar-refractivity contribution >= 4 is 17.9 Å². The fraction of sp³-hybridized carbons (Fsp3) is 0.325. The minimum Gasteiger partial charge on any atom is -0.490 e. The summed E-state index contributed by atoms with van der Waals surface area (Å²) in [5.74, 6) is -0.0682. The number of methoxy groups -OCH3 is 2. The molecule has 4 rings (SSSR count). The molecule has 49 heavy (non-hydrogen) atoms. The van der Waals surface area contributed by atoms with Crippen LogP contribution in [-0.4, -0.2) is 64.7 Å². The number of ether oxygens (including phenoxy) is 6. The van der Waals surface area contributed by atoms with E-state index in [1.807, 2.05) is 36.4 Å². The second-order valence-electron chi connectivity index (χ2n) is 12.0. The number of carbonyl (C=O) groups is 3. The van der Waals surface area contributed by atoms with Crippen molar-refractivity contribution in [3.63, 3.8) is 0 Å². The van der Waals surface area contributed by atoms with Crippen molar-refractivity contribution in [2.75, 3.05) is 40.6 Å². The summed E-state index contributed by atoms with van der Waals surface area (Å²) >= 11 is 0. The van der Waals surface area contributed by atoms with Gasteiger partial charge in [0.25, 0.3) is 0 Å². The largest absolute Gasteiger partial charge is 0.490 e. The molecule has 0 saturated heterocycles. The lowest BCUT2D eigenvalue weighted by Crippen LogP contribution is -2.24. The van der Waals surface area contributed by atoms with E-state index in [4.69, 9.17) is 28.4 Å². The predicted octanol–water partition coefficient (Wildman–Crippen LogP) is 7.40. The van der Waals surface area contributed by atoms with E-state index in [-0.39, 0.29) is 55.6 Å². The summed E-state index contributed by atoms with van der Waals surface area (Å²) in [7, 11) is 2.98. The molecule has 3 aromatic carbocycles. The fourth-order valence-electron chi connectivity index (χ4n) is 5.57. The third kappa shape index (κ3) is 10.5. The van der Waals surface area contributed by atoms with Gasteiger partial charge in [0.1, 0.15) is 30.8 Å². The first-order valence-corrected chi connectivity index (χ1v) is 16.2. The van der Waals surface area contributed by atoms with Crippen LogP contribution in [0, 0.1) is 0 Å². The molecule has 1 fully saturated rings. The Labute approximate surface area is 288 Å². The Bertz CT molecular complexity index is 1650. The van der Waals surface area contributed by atoms with E-state index in [9.17, 15) is 14.4 Å². The number of carbonyl (C=O) groups excluding carboxylic acids is 3. The Morgan fingerprint density at radius 1 is 0.673 bits per heavy atom. The van der Waals surface area contributed by atoms with Crippen LogP contribution in [0.2, 0.25) is 0 Å². The van der Waals surface area contributed by atoms with Crippen molar-refractivity contribution in [1.82, 2.24) is 0 Å². The van der Waals surface area contributed by atoms with E-state index in [0.717, 1.165) is 47.9 Å². The van der Waals surface area contributed by atoms with Gasteiger partial charge in [0.15, 0.2) is 0 Å². The van der Waals surface area contributed by atoms with Crippen molar-refractivity contribution in [2.45, 2.75) is 44.6 Å². The van der Waals surface area contributed by atoms with Gasteiger partial charge >= 0.3 is 17.9 Å². The third-order valence-corrected chi connectivity index (χ3v) is 8.15. The third-order valence-electron chi connectivity index (χ3n) is 8.15. The highest BCUT2D eigenvalue weighted by atomic mass is 16.6. The van der Waals surface area contributed by atoms with Crippen LogP contribution < -0.4 is 9.47 Å². The van der Waals surface area contributed by atoms with Gasteiger partial charge in [0.05, 0.1) is 24.4 Å². The molecule has 0 N–H and O–H groups in total. The number of esters is 3. The number of rotatable bonds is 16. The molecule has 1 aliphatic rings. The van der Waals surface area contributed by atoms with Crippen LogP contribution in [0.4, 0.5) is 0 Å². The minimum absolute atomic E-state index is 0.0891. The minimum atomic E-state index is -0.533. The molecule has 0 aromatic heterocycles. The van der Waals surface area contributed by atoms with Crippen molar-refractivity contribution in [1.29, 1.82) is 0 Å². The average Bonchev–Trinajstić information content (AvgIpc) is 3.11. The smallest absolute Gasteiger partial charge is 0.341 e. The molecule has 1 aliphatic carbocycles. The van der Waals surface area contributed by atoms with Gasteiger partial charge in [-0.1, -0.05) is 62.2 Å². The molecule has 9 nitrogen and oxygen atoms in total. The number of hydrogen-bond donors (Lipinski definition) is 0. The maximum atomic E-state index is 12.3. The highest BCUT2D eigenvalue weighted by Gasteiger charge is 2.27. The van der Waals surface area contributed by atoms with E-state index in [1.165, 1.54) is 19.8 Å². The van der Waals surface area contributed by atoms with E-state index < -0.39 is 11.9 Å². The van der Waals surface area contributed by atoms with Crippen molar-refractivity contribution < 1.29 is 42.8 Å². The zero-order valence-electron chi connectivity index (χ0n) is 28.5. The van der Waals surface area contributed by atoms with Crippen LogP contribution in [0.5, 0.6) is 11.5 Å². The normalized spacial score (nSPS) is 15.5. The molecular formula is C40H44O9. The molecule has 0 aliphatic heterocycles. The highest BCUT2D eigenvalue weighted by Crippen LogP contribution is 2.41. The second-order valence-corrected chi connectivity index (χ2v) is 12.0. The monoisotopic (exact) mass is 668 g/mol. The maximum absolute atomic E-state index is 12.3. The predicted molar refractivity (Wildman–Crippen MR) is 187 cm³/mol. The summed E-state index contributed by atoms with van der Waals surface area (Å²) in [5, 5.41) is 0. The zero-order chi connectivity index (χ0) is 35.3. The molecular weight excluding hydrogens is 624 g/mol. The lowest BCUT2D eigenvalue weighted by Gasteiger charge is -2.30. The van der Waals surface area contributed by atoms with Gasteiger partial charge in [-0.3, -0.25) is 0 Å². The standard InChI is InChI=1S/C40H44O9/c1-26(2)38(41)48-34-18-11-31(12-19-34)37-23-32(29-7-16-35(17-8-29)49-40(43)28(4)25-45-6)13-20-36(37)30-9-14-33(15-10-30)46-21-22-47-39(42)27(3)24-44-5/h7-10,13-17,20,23,31,34H,1,3-4,11-12,18-19,21-22,24-25H2,2,5-6H3. The molecule has 0 amide bonds. The first kappa shape index (κ1) is 36.8. The fourth-order valence-corrected chi connectivity index (χ4v) is 5.57. The van der Waals surface area contributed by atoms with Crippen molar-refractivity contribution in [3.8, 4) is 33.8 Å². The first-order valence-electron chi connectivity index (χ1n) is 16.2. The molecule has 0 heterocycles. The molecule has 0 unspecified atom stereocenters. The summed E-state index contributed by atoms with van der Waals surface area (Å²) in [6, 6.07) is 21.6. The van der Waals surface area contributed by atoms with Crippen LogP contribution in [0.1, 0.15) is 44.1 Å². The molecule has 0 spiro atoms.